The minimum Gasteiger partial charge on any atom is -0.468 e. The van der Waals surface area contributed by atoms with Crippen molar-refractivity contribution in [2.24, 2.45) is 4.99 Å². The molecule has 12 heteroatoms. The molecular formula is C17H23F6N5O. The fourth-order valence-corrected chi connectivity index (χ4v) is 2.80. The second-order valence-electron chi connectivity index (χ2n) is 6.55. The van der Waals surface area contributed by atoms with Gasteiger partial charge in [-0.2, -0.15) is 26.3 Å². The molecule has 1 N–H and O–H groups in total. The molecule has 1 aromatic heterocycles. The first-order valence-electron chi connectivity index (χ1n) is 8.90. The van der Waals surface area contributed by atoms with Gasteiger partial charge in [0.2, 0.25) is 5.88 Å². The van der Waals surface area contributed by atoms with Crippen molar-refractivity contribution in [1.29, 1.82) is 0 Å². The van der Waals surface area contributed by atoms with Gasteiger partial charge in [-0.15, -0.1) is 0 Å². The van der Waals surface area contributed by atoms with Crippen LogP contribution in [-0.4, -0.2) is 79.0 Å². The number of rotatable bonds is 5. The lowest BCUT2D eigenvalue weighted by atomic mass is 10.2. The van der Waals surface area contributed by atoms with Crippen LogP contribution < -0.4 is 10.1 Å². The third kappa shape index (κ3) is 7.26. The molecule has 1 aliphatic rings. The largest absolute Gasteiger partial charge is 0.468 e. The highest BCUT2D eigenvalue weighted by Crippen LogP contribution is 2.25. The molecule has 0 radical (unpaired) electrons. The van der Waals surface area contributed by atoms with Crippen LogP contribution in [0.3, 0.4) is 0 Å². The molecule has 1 fully saturated rings. The number of piperazine rings is 1. The van der Waals surface area contributed by atoms with E-state index in [2.05, 4.69) is 20.0 Å². The highest BCUT2D eigenvalue weighted by atomic mass is 19.4. The van der Waals surface area contributed by atoms with Crippen LogP contribution in [0.1, 0.15) is 12.5 Å². The number of nitrogens with zero attached hydrogens (tertiary/aromatic N) is 4. The summed E-state index contributed by atoms with van der Waals surface area (Å²) in [4.78, 5) is 11.2. The van der Waals surface area contributed by atoms with Gasteiger partial charge in [-0.05, 0) is 12.5 Å². The Morgan fingerprint density at radius 1 is 1.17 bits per heavy atom. The fourth-order valence-electron chi connectivity index (χ4n) is 2.80. The van der Waals surface area contributed by atoms with Crippen LogP contribution in [0, 0.1) is 0 Å². The zero-order valence-electron chi connectivity index (χ0n) is 16.0. The van der Waals surface area contributed by atoms with Gasteiger partial charge in [-0.25, -0.2) is 4.98 Å². The van der Waals surface area contributed by atoms with Gasteiger partial charge >= 0.3 is 12.4 Å². The lowest BCUT2D eigenvalue weighted by molar-refractivity contribution is -0.181. The Bertz CT molecular complexity index is 668. The summed E-state index contributed by atoms with van der Waals surface area (Å²) in [6.45, 7) is 1.34. The van der Waals surface area contributed by atoms with E-state index in [9.17, 15) is 26.3 Å². The van der Waals surface area contributed by atoms with Crippen molar-refractivity contribution < 1.29 is 31.1 Å². The summed E-state index contributed by atoms with van der Waals surface area (Å²) in [5.41, 5.74) is 0.690. The predicted molar refractivity (Wildman–Crippen MR) is 94.6 cm³/mol. The minimum absolute atomic E-state index is 0.134. The van der Waals surface area contributed by atoms with Crippen LogP contribution in [0.15, 0.2) is 23.3 Å². The van der Waals surface area contributed by atoms with E-state index in [-0.39, 0.29) is 19.0 Å². The normalized spacial score (nSPS) is 17.9. The molecule has 0 bridgehead atoms. The van der Waals surface area contributed by atoms with Crippen molar-refractivity contribution in [3.05, 3.63) is 23.9 Å². The molecule has 0 aliphatic carbocycles. The second kappa shape index (κ2) is 9.51. The van der Waals surface area contributed by atoms with E-state index in [1.54, 1.807) is 13.1 Å². The molecule has 1 aromatic rings. The average molecular weight is 427 g/mol. The van der Waals surface area contributed by atoms with Crippen molar-refractivity contribution >= 4 is 5.96 Å². The Balaban J connectivity index is 1.82. The predicted octanol–water partition coefficient (Wildman–Crippen LogP) is 2.67. The SMILES string of the molecule is CN=C(NCc1ccc(OCC(F)(F)F)nc1)N1CCN(C(C)C(F)(F)F)CC1. The molecule has 1 aliphatic heterocycles. The van der Waals surface area contributed by atoms with Crippen LogP contribution in [0.2, 0.25) is 0 Å². The summed E-state index contributed by atoms with van der Waals surface area (Å²) < 4.78 is 79.5. The molecule has 0 spiro atoms. The fraction of sp³-hybridized carbons (Fsp3) is 0.647. The smallest absolute Gasteiger partial charge is 0.422 e. The van der Waals surface area contributed by atoms with Gasteiger partial charge in [0.05, 0.1) is 0 Å². The number of nitrogens with one attached hydrogen (secondary N) is 1. The molecule has 1 saturated heterocycles. The van der Waals surface area contributed by atoms with Crippen LogP contribution >= 0.6 is 0 Å². The Morgan fingerprint density at radius 3 is 2.31 bits per heavy atom. The molecule has 0 saturated carbocycles. The summed E-state index contributed by atoms with van der Waals surface area (Å²) in [6.07, 6.45) is -7.31. The minimum atomic E-state index is -4.43. The van der Waals surface area contributed by atoms with Crippen LogP contribution in [0.4, 0.5) is 26.3 Å². The summed E-state index contributed by atoms with van der Waals surface area (Å²) in [6, 6.07) is 1.41. The summed E-state index contributed by atoms with van der Waals surface area (Å²) >= 11 is 0. The van der Waals surface area contributed by atoms with Gasteiger partial charge < -0.3 is 15.0 Å². The third-order valence-electron chi connectivity index (χ3n) is 4.48. The highest BCUT2D eigenvalue weighted by molar-refractivity contribution is 5.80. The van der Waals surface area contributed by atoms with Gasteiger partial charge in [0.15, 0.2) is 12.6 Å². The van der Waals surface area contributed by atoms with E-state index in [1.807, 2.05) is 4.90 Å². The van der Waals surface area contributed by atoms with Gasteiger partial charge in [0, 0.05) is 52.0 Å². The van der Waals surface area contributed by atoms with E-state index in [1.165, 1.54) is 17.2 Å². The topological polar surface area (TPSA) is 53.0 Å². The third-order valence-corrected chi connectivity index (χ3v) is 4.48. The lowest BCUT2D eigenvalue weighted by Gasteiger charge is -2.39. The van der Waals surface area contributed by atoms with Crippen molar-refractivity contribution in [3.8, 4) is 5.88 Å². The Hall–Kier alpha value is -2.24. The quantitative estimate of drug-likeness (QED) is 0.445. The molecule has 2 heterocycles. The first-order chi connectivity index (χ1) is 13.5. The number of guanidine groups is 1. The van der Waals surface area contributed by atoms with Crippen LogP contribution in [0.25, 0.3) is 0 Å². The summed E-state index contributed by atoms with van der Waals surface area (Å²) in [5, 5.41) is 3.08. The van der Waals surface area contributed by atoms with Gasteiger partial charge in [-0.1, -0.05) is 6.07 Å². The maximum absolute atomic E-state index is 12.8. The number of hydrogen-bond acceptors (Lipinski definition) is 4. The molecule has 6 nitrogen and oxygen atoms in total. The van der Waals surface area contributed by atoms with Crippen molar-refractivity contribution in [1.82, 2.24) is 20.1 Å². The number of alkyl halides is 6. The standard InChI is InChI=1S/C17H23F6N5O/c1-12(17(21,22)23)27-5-7-28(8-6-27)15(24-2)26-10-13-3-4-14(25-9-13)29-11-16(18,19)20/h3-4,9,12H,5-8,10-11H2,1-2H3,(H,24,26). The Labute approximate surface area is 164 Å². The number of ether oxygens (including phenoxy) is 1. The lowest BCUT2D eigenvalue weighted by Crippen LogP contribution is -2.56. The Kier molecular flexibility index (Phi) is 7.55. The number of pyridine rings is 1. The number of aliphatic imine (C=N–C) groups is 1. The first kappa shape index (κ1) is 23.0. The van der Waals surface area contributed by atoms with Gasteiger partial charge in [0.25, 0.3) is 0 Å². The summed E-state index contributed by atoms with van der Waals surface area (Å²) in [7, 11) is 1.57. The highest BCUT2D eigenvalue weighted by Gasteiger charge is 2.41. The number of aromatic nitrogens is 1. The molecule has 2 rings (SSSR count). The number of hydrogen-bond donors (Lipinski definition) is 1. The van der Waals surface area contributed by atoms with E-state index in [4.69, 9.17) is 0 Å². The Morgan fingerprint density at radius 2 is 1.83 bits per heavy atom. The van der Waals surface area contributed by atoms with E-state index in [0.29, 0.717) is 31.2 Å². The van der Waals surface area contributed by atoms with Crippen molar-refractivity contribution in [3.63, 3.8) is 0 Å². The monoisotopic (exact) mass is 427 g/mol. The zero-order chi connectivity index (χ0) is 21.7. The van der Waals surface area contributed by atoms with Crippen LogP contribution in [-0.2, 0) is 6.54 Å². The number of halogens is 6. The zero-order valence-corrected chi connectivity index (χ0v) is 16.0. The van der Waals surface area contributed by atoms with E-state index >= 15 is 0 Å². The maximum Gasteiger partial charge on any atom is 0.422 e. The van der Waals surface area contributed by atoms with Gasteiger partial charge in [0.1, 0.15) is 6.04 Å². The second-order valence-corrected chi connectivity index (χ2v) is 6.55. The molecule has 0 amide bonds. The van der Waals surface area contributed by atoms with Crippen molar-refractivity contribution in [2.45, 2.75) is 31.9 Å². The molecule has 0 aromatic carbocycles. The van der Waals surface area contributed by atoms with E-state index in [0.717, 1.165) is 6.92 Å². The van der Waals surface area contributed by atoms with Gasteiger partial charge in [-0.3, -0.25) is 9.89 Å². The average Bonchev–Trinajstić information content (AvgIpc) is 2.66. The van der Waals surface area contributed by atoms with Crippen LogP contribution in [0.5, 0.6) is 5.88 Å². The first-order valence-corrected chi connectivity index (χ1v) is 8.90. The maximum atomic E-state index is 12.8. The molecular weight excluding hydrogens is 404 g/mol. The molecule has 29 heavy (non-hydrogen) atoms. The van der Waals surface area contributed by atoms with E-state index < -0.39 is 25.0 Å². The molecule has 164 valence electrons. The molecule has 1 unspecified atom stereocenters. The summed E-state index contributed by atoms with van der Waals surface area (Å²) in [5.74, 6) is 0.395. The van der Waals surface area contributed by atoms with Crippen molar-refractivity contribution in [2.75, 3.05) is 39.8 Å². The molecule has 1 atom stereocenters.